The topological polar surface area (TPSA) is 117 Å². The van der Waals surface area contributed by atoms with Crippen LogP contribution in [0.3, 0.4) is 0 Å². The Bertz CT molecular complexity index is 1380. The van der Waals surface area contributed by atoms with Gasteiger partial charge in [0.25, 0.3) is 11.8 Å². The van der Waals surface area contributed by atoms with E-state index in [0.717, 1.165) is 5.56 Å². The van der Waals surface area contributed by atoms with Crippen molar-refractivity contribution in [1.29, 1.82) is 0 Å². The predicted octanol–water partition coefficient (Wildman–Crippen LogP) is 5.42. The number of anilines is 2. The summed E-state index contributed by atoms with van der Waals surface area (Å²) in [5.74, 6) is -1.96. The minimum Gasteiger partial charge on any atom is -0.457 e. The molecule has 0 aliphatic rings. The molecule has 38 heavy (non-hydrogen) atoms. The number of para-hydroxylation sites is 1. The minimum atomic E-state index is -1.17. The Kier molecular flexibility index (Phi) is 8.83. The molecule has 3 amide bonds. The summed E-state index contributed by atoms with van der Waals surface area (Å²) >= 11 is 0. The van der Waals surface area contributed by atoms with Crippen LogP contribution in [-0.4, -0.2) is 22.9 Å². The van der Waals surface area contributed by atoms with Gasteiger partial charge in [0.15, 0.2) is 0 Å². The molecule has 0 saturated carbocycles. The van der Waals surface area contributed by atoms with E-state index in [2.05, 4.69) is 10.6 Å². The number of hydrogen-bond acceptors (Lipinski definition) is 5. The number of hydroxylamine groups is 1. The largest absolute Gasteiger partial charge is 0.457 e. The minimum absolute atomic E-state index is 0.170. The number of ether oxygens (including phenoxy) is 1. The van der Waals surface area contributed by atoms with Crippen molar-refractivity contribution < 1.29 is 24.3 Å². The summed E-state index contributed by atoms with van der Waals surface area (Å²) in [4.78, 5) is 38.5. The van der Waals surface area contributed by atoms with Gasteiger partial charge in [0.05, 0.1) is 11.4 Å². The molecule has 0 radical (unpaired) electrons. The second kappa shape index (κ2) is 12.8. The summed E-state index contributed by atoms with van der Waals surface area (Å²) in [6, 6.07) is 32.0. The molecule has 0 heterocycles. The Balaban J connectivity index is 1.57. The van der Waals surface area contributed by atoms with Crippen molar-refractivity contribution in [2.75, 3.05) is 10.6 Å². The zero-order chi connectivity index (χ0) is 26.7. The van der Waals surface area contributed by atoms with Gasteiger partial charge in [0.2, 0.25) is 5.91 Å². The fourth-order valence-electron chi connectivity index (χ4n) is 3.84. The van der Waals surface area contributed by atoms with Gasteiger partial charge in [0, 0.05) is 11.6 Å². The van der Waals surface area contributed by atoms with Crippen molar-refractivity contribution >= 4 is 29.1 Å². The van der Waals surface area contributed by atoms with Crippen molar-refractivity contribution in [1.82, 2.24) is 5.48 Å². The van der Waals surface area contributed by atoms with E-state index in [1.54, 1.807) is 66.1 Å². The first-order valence-corrected chi connectivity index (χ1v) is 12.1. The summed E-state index contributed by atoms with van der Waals surface area (Å²) < 4.78 is 5.90. The van der Waals surface area contributed by atoms with Crippen LogP contribution in [0.4, 0.5) is 11.4 Å². The fourth-order valence-corrected chi connectivity index (χ4v) is 3.84. The standard InChI is InChI=1S/C30H27N3O5/c34-28(22-12-6-2-7-13-22)32-27-20-24(38-23-14-8-3-9-15-23)17-19-26(27)31-29(35)25(30(36)33-37)18-16-21-10-4-1-5-11-21/h1-15,17,19-20,25,37H,16,18H2,(H,31,35)(H,32,34)(H,33,36). The lowest BCUT2D eigenvalue weighted by atomic mass is 9.97. The number of hydrogen-bond donors (Lipinski definition) is 4. The smallest absolute Gasteiger partial charge is 0.255 e. The Morgan fingerprint density at radius 1 is 0.684 bits per heavy atom. The zero-order valence-corrected chi connectivity index (χ0v) is 20.5. The number of carbonyl (C=O) groups excluding carboxylic acids is 3. The number of amides is 3. The maximum Gasteiger partial charge on any atom is 0.255 e. The third-order valence-corrected chi connectivity index (χ3v) is 5.82. The van der Waals surface area contributed by atoms with E-state index in [-0.39, 0.29) is 23.7 Å². The zero-order valence-electron chi connectivity index (χ0n) is 20.5. The lowest BCUT2D eigenvalue weighted by Crippen LogP contribution is -2.37. The number of benzene rings is 4. The van der Waals surface area contributed by atoms with Gasteiger partial charge in [-0.1, -0.05) is 66.7 Å². The van der Waals surface area contributed by atoms with Crippen LogP contribution in [0, 0.1) is 5.92 Å². The summed E-state index contributed by atoms with van der Waals surface area (Å²) in [5, 5.41) is 14.8. The molecule has 4 aromatic rings. The van der Waals surface area contributed by atoms with Crippen LogP contribution in [-0.2, 0) is 16.0 Å². The van der Waals surface area contributed by atoms with Gasteiger partial charge >= 0.3 is 0 Å². The molecule has 8 heteroatoms. The summed E-state index contributed by atoms with van der Waals surface area (Å²) in [6.07, 6.45) is 0.622. The van der Waals surface area contributed by atoms with E-state index in [9.17, 15) is 19.6 Å². The van der Waals surface area contributed by atoms with Gasteiger partial charge in [-0.25, -0.2) is 5.48 Å². The van der Waals surface area contributed by atoms with Crippen molar-refractivity contribution in [2.24, 2.45) is 5.92 Å². The SMILES string of the molecule is O=C(Nc1cc(Oc2ccccc2)ccc1NC(=O)C(CCc1ccccc1)C(=O)NO)c1ccccc1. The quantitative estimate of drug-likeness (QED) is 0.129. The van der Waals surface area contributed by atoms with Crippen molar-refractivity contribution in [3.63, 3.8) is 0 Å². The van der Waals surface area contributed by atoms with Crippen molar-refractivity contribution in [3.8, 4) is 11.5 Å². The molecule has 4 rings (SSSR count). The van der Waals surface area contributed by atoms with E-state index in [0.29, 0.717) is 23.5 Å². The van der Waals surface area contributed by atoms with E-state index >= 15 is 0 Å². The third kappa shape index (κ3) is 7.05. The molecular formula is C30H27N3O5. The number of carbonyl (C=O) groups is 3. The van der Waals surface area contributed by atoms with Crippen LogP contribution in [0.2, 0.25) is 0 Å². The number of nitrogens with one attached hydrogen (secondary N) is 3. The Morgan fingerprint density at radius 2 is 1.32 bits per heavy atom. The lowest BCUT2D eigenvalue weighted by Gasteiger charge is -2.18. The summed E-state index contributed by atoms with van der Waals surface area (Å²) in [5.41, 5.74) is 3.52. The van der Waals surface area contributed by atoms with Crippen LogP contribution < -0.4 is 20.9 Å². The van der Waals surface area contributed by atoms with Gasteiger partial charge in [-0.3, -0.25) is 19.6 Å². The van der Waals surface area contributed by atoms with E-state index < -0.39 is 17.7 Å². The number of rotatable bonds is 10. The fraction of sp³-hybridized carbons (Fsp3) is 0.100. The molecular weight excluding hydrogens is 482 g/mol. The van der Waals surface area contributed by atoms with Crippen LogP contribution >= 0.6 is 0 Å². The first kappa shape index (κ1) is 26.1. The highest BCUT2D eigenvalue weighted by molar-refractivity contribution is 6.10. The average Bonchev–Trinajstić information content (AvgIpc) is 2.96. The lowest BCUT2D eigenvalue weighted by molar-refractivity contribution is -0.138. The van der Waals surface area contributed by atoms with Crippen LogP contribution in [0.15, 0.2) is 109 Å². The van der Waals surface area contributed by atoms with Crippen LogP contribution in [0.25, 0.3) is 0 Å². The Hall–Kier alpha value is -4.95. The van der Waals surface area contributed by atoms with Crippen LogP contribution in [0.1, 0.15) is 22.3 Å². The maximum atomic E-state index is 13.2. The molecule has 192 valence electrons. The second-order valence-electron chi connectivity index (χ2n) is 8.48. The first-order chi connectivity index (χ1) is 18.5. The molecule has 0 aliphatic heterocycles. The monoisotopic (exact) mass is 509 g/mol. The van der Waals surface area contributed by atoms with Gasteiger partial charge in [-0.2, -0.15) is 0 Å². The highest BCUT2D eigenvalue weighted by atomic mass is 16.5. The van der Waals surface area contributed by atoms with Gasteiger partial charge in [-0.05, 0) is 54.8 Å². The Labute approximate surface area is 220 Å². The van der Waals surface area contributed by atoms with E-state index in [1.807, 2.05) is 48.5 Å². The maximum absolute atomic E-state index is 13.2. The molecule has 4 N–H and O–H groups in total. The normalized spacial score (nSPS) is 11.2. The molecule has 0 spiro atoms. The highest BCUT2D eigenvalue weighted by Crippen LogP contribution is 2.31. The molecule has 0 fully saturated rings. The molecule has 8 nitrogen and oxygen atoms in total. The molecule has 0 aliphatic carbocycles. The molecule has 0 saturated heterocycles. The van der Waals surface area contributed by atoms with Gasteiger partial charge in [-0.15, -0.1) is 0 Å². The molecule has 1 unspecified atom stereocenters. The molecule has 4 aromatic carbocycles. The average molecular weight is 510 g/mol. The number of aryl methyl sites for hydroxylation is 1. The third-order valence-electron chi connectivity index (χ3n) is 5.82. The van der Waals surface area contributed by atoms with Crippen LogP contribution in [0.5, 0.6) is 11.5 Å². The van der Waals surface area contributed by atoms with E-state index in [4.69, 9.17) is 4.74 Å². The highest BCUT2D eigenvalue weighted by Gasteiger charge is 2.27. The first-order valence-electron chi connectivity index (χ1n) is 12.1. The van der Waals surface area contributed by atoms with Crippen molar-refractivity contribution in [2.45, 2.75) is 12.8 Å². The summed E-state index contributed by atoms with van der Waals surface area (Å²) in [7, 11) is 0. The molecule has 0 bridgehead atoms. The molecule has 0 aromatic heterocycles. The van der Waals surface area contributed by atoms with Crippen molar-refractivity contribution in [3.05, 3.63) is 120 Å². The van der Waals surface area contributed by atoms with Gasteiger partial charge in [0.1, 0.15) is 17.4 Å². The van der Waals surface area contributed by atoms with Gasteiger partial charge < -0.3 is 15.4 Å². The Morgan fingerprint density at radius 3 is 1.97 bits per heavy atom. The molecule has 1 atom stereocenters. The summed E-state index contributed by atoms with van der Waals surface area (Å²) in [6.45, 7) is 0. The second-order valence-corrected chi connectivity index (χ2v) is 8.48. The van der Waals surface area contributed by atoms with E-state index in [1.165, 1.54) is 0 Å². The predicted molar refractivity (Wildman–Crippen MR) is 144 cm³/mol.